The summed E-state index contributed by atoms with van der Waals surface area (Å²) < 4.78 is 11.3. The van der Waals surface area contributed by atoms with Crippen molar-refractivity contribution in [3.63, 3.8) is 0 Å². The Morgan fingerprint density at radius 3 is 1.18 bits per heavy atom. The molecule has 0 heterocycles. The number of benzene rings is 4. The highest BCUT2D eigenvalue weighted by Gasteiger charge is 2.23. The highest BCUT2D eigenvalue weighted by Crippen LogP contribution is 2.33. The van der Waals surface area contributed by atoms with E-state index < -0.39 is 0 Å². The molecule has 0 saturated heterocycles. The molecule has 0 fully saturated rings. The van der Waals surface area contributed by atoms with E-state index >= 15 is 0 Å². The lowest BCUT2D eigenvalue weighted by molar-refractivity contribution is 0.0725. The van der Waals surface area contributed by atoms with Crippen LogP contribution in [0.5, 0.6) is 11.5 Å². The average molecular weight is 605 g/mol. The van der Waals surface area contributed by atoms with Gasteiger partial charge in [0, 0.05) is 5.41 Å². The van der Waals surface area contributed by atoms with Crippen LogP contribution >= 0.6 is 0 Å². The van der Waals surface area contributed by atoms with Crippen molar-refractivity contribution in [1.29, 1.82) is 0 Å². The first-order chi connectivity index (χ1) is 21.8. The summed E-state index contributed by atoms with van der Waals surface area (Å²) in [6.45, 7) is 8.71. The van der Waals surface area contributed by atoms with E-state index in [0.717, 1.165) is 24.0 Å². The first-order valence-corrected chi connectivity index (χ1v) is 16.6. The van der Waals surface area contributed by atoms with Crippen LogP contribution in [0.2, 0.25) is 0 Å². The van der Waals surface area contributed by atoms with Gasteiger partial charge in [-0.15, -0.1) is 0 Å². The summed E-state index contributed by atoms with van der Waals surface area (Å²) in [6, 6.07) is 30.8. The SMILES string of the molecule is CCCCCCc1ccc(C(=O)Oc2ccc(C(C)(C)c3ccc(OC(=O)c4ccc(CCCCCC)cc4)cc3)cc2)cc1. The molecule has 4 rings (SSSR count). The number of unbranched alkanes of at least 4 members (excludes halogenated alkanes) is 6. The van der Waals surface area contributed by atoms with Gasteiger partial charge in [-0.25, -0.2) is 9.59 Å². The van der Waals surface area contributed by atoms with Crippen LogP contribution in [-0.4, -0.2) is 11.9 Å². The quantitative estimate of drug-likeness (QED) is 0.0725. The van der Waals surface area contributed by atoms with Crippen LogP contribution < -0.4 is 9.47 Å². The molecule has 0 saturated carbocycles. The fourth-order valence-electron chi connectivity index (χ4n) is 5.50. The fourth-order valence-corrected chi connectivity index (χ4v) is 5.50. The maximum atomic E-state index is 12.7. The largest absolute Gasteiger partial charge is 0.423 e. The molecule has 4 aromatic carbocycles. The number of aryl methyl sites for hydroxylation is 2. The van der Waals surface area contributed by atoms with Crippen molar-refractivity contribution in [3.05, 3.63) is 130 Å². The minimum Gasteiger partial charge on any atom is -0.423 e. The standard InChI is InChI=1S/C41H48O4/c1-5-7-9-11-13-31-15-19-33(20-16-31)39(42)44-37-27-23-35(24-28-37)41(3,4)36-25-29-38(30-26-36)45-40(43)34-21-17-32(18-22-34)14-12-10-8-6-2/h15-30H,5-14H2,1-4H3. The predicted octanol–water partition coefficient (Wildman–Crippen LogP) is 10.7. The molecule has 0 aromatic heterocycles. The Bertz CT molecular complexity index is 1370. The third-order valence-corrected chi connectivity index (χ3v) is 8.59. The zero-order valence-corrected chi connectivity index (χ0v) is 27.4. The van der Waals surface area contributed by atoms with Crippen LogP contribution in [0.3, 0.4) is 0 Å². The molecule has 0 aliphatic rings. The number of hydrogen-bond acceptors (Lipinski definition) is 4. The second-order valence-electron chi connectivity index (χ2n) is 12.5. The third kappa shape index (κ3) is 9.91. The van der Waals surface area contributed by atoms with Crippen LogP contribution in [0.25, 0.3) is 0 Å². The Kier molecular flexibility index (Phi) is 12.6. The van der Waals surface area contributed by atoms with Crippen LogP contribution in [-0.2, 0) is 18.3 Å². The summed E-state index contributed by atoms with van der Waals surface area (Å²) in [5, 5.41) is 0. The van der Waals surface area contributed by atoms with Crippen LogP contribution in [0.4, 0.5) is 0 Å². The molecule has 0 spiro atoms. The van der Waals surface area contributed by atoms with Gasteiger partial charge in [0.15, 0.2) is 0 Å². The molecule has 0 N–H and O–H groups in total. The minimum absolute atomic E-state index is 0.314. The number of hydrogen-bond donors (Lipinski definition) is 0. The molecular formula is C41H48O4. The van der Waals surface area contributed by atoms with Crippen molar-refractivity contribution >= 4 is 11.9 Å². The Morgan fingerprint density at radius 1 is 0.489 bits per heavy atom. The number of carbonyl (C=O) groups excluding carboxylic acids is 2. The highest BCUT2D eigenvalue weighted by molar-refractivity contribution is 5.91. The Labute approximate surface area is 269 Å². The van der Waals surface area contributed by atoms with Crippen LogP contribution in [0.15, 0.2) is 97.1 Å². The molecule has 4 nitrogen and oxygen atoms in total. The predicted molar refractivity (Wildman–Crippen MR) is 184 cm³/mol. The molecule has 0 aliphatic carbocycles. The first kappa shape index (κ1) is 33.7. The molecule has 4 heteroatoms. The van der Waals surface area contributed by atoms with Gasteiger partial charge in [-0.1, -0.05) is 115 Å². The monoisotopic (exact) mass is 604 g/mol. The van der Waals surface area contributed by atoms with Gasteiger partial charge in [0.05, 0.1) is 11.1 Å². The number of rotatable bonds is 16. The van der Waals surface area contributed by atoms with Gasteiger partial charge in [-0.2, -0.15) is 0 Å². The second-order valence-corrected chi connectivity index (χ2v) is 12.5. The first-order valence-electron chi connectivity index (χ1n) is 16.6. The molecule has 0 amide bonds. The Morgan fingerprint density at radius 2 is 0.844 bits per heavy atom. The molecule has 0 radical (unpaired) electrons. The van der Waals surface area contributed by atoms with Gasteiger partial charge < -0.3 is 9.47 Å². The molecule has 4 aromatic rings. The van der Waals surface area contributed by atoms with Gasteiger partial charge in [0.2, 0.25) is 0 Å². The topological polar surface area (TPSA) is 52.6 Å². The normalized spacial score (nSPS) is 11.3. The van der Waals surface area contributed by atoms with Crippen molar-refractivity contribution in [2.24, 2.45) is 0 Å². The smallest absolute Gasteiger partial charge is 0.343 e. The zero-order chi connectivity index (χ0) is 32.1. The van der Waals surface area contributed by atoms with Crippen molar-refractivity contribution in [3.8, 4) is 11.5 Å². The van der Waals surface area contributed by atoms with Crippen LogP contribution in [0, 0.1) is 0 Å². The summed E-state index contributed by atoms with van der Waals surface area (Å²) in [5.41, 5.74) is 5.44. The summed E-state index contributed by atoms with van der Waals surface area (Å²) in [7, 11) is 0. The van der Waals surface area contributed by atoms with Crippen molar-refractivity contribution < 1.29 is 19.1 Å². The number of carbonyl (C=O) groups is 2. The van der Waals surface area contributed by atoms with Crippen LogP contribution in [0.1, 0.15) is 122 Å². The van der Waals surface area contributed by atoms with E-state index in [9.17, 15) is 9.59 Å². The van der Waals surface area contributed by atoms with Gasteiger partial charge in [0.1, 0.15) is 11.5 Å². The summed E-state index contributed by atoms with van der Waals surface area (Å²) in [5.74, 6) is 0.302. The molecule has 0 unspecified atom stereocenters. The molecular weight excluding hydrogens is 556 g/mol. The maximum absolute atomic E-state index is 12.7. The van der Waals surface area contributed by atoms with Crippen molar-refractivity contribution in [2.45, 2.75) is 97.3 Å². The highest BCUT2D eigenvalue weighted by atomic mass is 16.5. The van der Waals surface area contributed by atoms with Crippen molar-refractivity contribution in [2.75, 3.05) is 0 Å². The molecule has 236 valence electrons. The van der Waals surface area contributed by atoms with E-state index in [4.69, 9.17) is 9.47 Å². The van der Waals surface area contributed by atoms with E-state index in [1.54, 1.807) is 0 Å². The maximum Gasteiger partial charge on any atom is 0.343 e. The summed E-state index contributed by atoms with van der Waals surface area (Å²) in [4.78, 5) is 25.5. The summed E-state index contributed by atoms with van der Waals surface area (Å²) >= 11 is 0. The second kappa shape index (κ2) is 16.8. The number of esters is 2. The van der Waals surface area contributed by atoms with E-state index in [1.165, 1.54) is 62.5 Å². The molecule has 0 atom stereocenters. The van der Waals surface area contributed by atoms with E-state index in [1.807, 2.05) is 97.1 Å². The Balaban J connectivity index is 1.30. The van der Waals surface area contributed by atoms with Gasteiger partial charge >= 0.3 is 11.9 Å². The Hall–Kier alpha value is -4.18. The van der Waals surface area contributed by atoms with E-state index in [-0.39, 0.29) is 17.4 Å². The number of ether oxygens (including phenoxy) is 2. The van der Waals surface area contributed by atoms with E-state index in [2.05, 4.69) is 27.7 Å². The summed E-state index contributed by atoms with van der Waals surface area (Å²) in [6.07, 6.45) is 11.9. The van der Waals surface area contributed by atoms with Gasteiger partial charge in [0.25, 0.3) is 0 Å². The van der Waals surface area contributed by atoms with E-state index in [0.29, 0.717) is 22.6 Å². The van der Waals surface area contributed by atoms with Gasteiger partial charge in [-0.3, -0.25) is 0 Å². The average Bonchev–Trinajstić information content (AvgIpc) is 3.06. The van der Waals surface area contributed by atoms with Gasteiger partial charge in [-0.05, 0) is 96.5 Å². The lowest BCUT2D eigenvalue weighted by Crippen LogP contribution is -2.19. The zero-order valence-electron chi connectivity index (χ0n) is 27.4. The lowest BCUT2D eigenvalue weighted by atomic mass is 9.78. The molecule has 45 heavy (non-hydrogen) atoms. The molecule has 0 aliphatic heterocycles. The lowest BCUT2D eigenvalue weighted by Gasteiger charge is -2.26. The fraction of sp³-hybridized carbons (Fsp3) is 0.366. The molecule has 0 bridgehead atoms. The third-order valence-electron chi connectivity index (χ3n) is 8.59. The minimum atomic E-state index is -0.358. The van der Waals surface area contributed by atoms with Crippen molar-refractivity contribution in [1.82, 2.24) is 0 Å².